The third-order valence-electron chi connectivity index (χ3n) is 3.41. The van der Waals surface area contributed by atoms with Crippen LogP contribution < -0.4 is 5.32 Å². The third kappa shape index (κ3) is 3.69. The predicted octanol–water partition coefficient (Wildman–Crippen LogP) is 5.08. The summed E-state index contributed by atoms with van der Waals surface area (Å²) < 4.78 is 0. The van der Waals surface area contributed by atoms with Crippen molar-refractivity contribution in [2.24, 2.45) is 0 Å². The van der Waals surface area contributed by atoms with E-state index in [2.05, 4.69) is 28.8 Å². The molecule has 0 amide bonds. The van der Waals surface area contributed by atoms with E-state index in [1.807, 2.05) is 44.2 Å². The zero-order valence-corrected chi connectivity index (χ0v) is 13.1. The minimum atomic E-state index is 0.609. The first-order chi connectivity index (χ1) is 10.3. The van der Waals surface area contributed by atoms with Crippen molar-refractivity contribution in [1.82, 2.24) is 9.97 Å². The third-order valence-corrected chi connectivity index (χ3v) is 3.41. The second-order valence-corrected chi connectivity index (χ2v) is 4.91. The highest BCUT2D eigenvalue weighted by Gasteiger charge is 2.28. The number of hydrogen-bond acceptors (Lipinski definition) is 3. The van der Waals surface area contributed by atoms with E-state index in [0.29, 0.717) is 11.9 Å². The standard InChI is InChI=1S/C16H17N3.C2H6/c1-3-14-11(2)15(12-9-10-12)19-16(18-14)17-13-7-5-4-6-8-13;1-2/h3-8,12H,1,9-10H2,2H3,(H,17,18,19);1-2H3. The highest BCUT2D eigenvalue weighted by molar-refractivity contribution is 5.57. The molecule has 0 bridgehead atoms. The van der Waals surface area contributed by atoms with Gasteiger partial charge in [-0.05, 0) is 43.5 Å². The lowest BCUT2D eigenvalue weighted by molar-refractivity contribution is 0.959. The van der Waals surface area contributed by atoms with E-state index in [1.165, 1.54) is 18.5 Å². The van der Waals surface area contributed by atoms with E-state index in [4.69, 9.17) is 0 Å². The summed E-state index contributed by atoms with van der Waals surface area (Å²) in [5.41, 5.74) is 4.26. The first-order valence-corrected chi connectivity index (χ1v) is 7.61. The highest BCUT2D eigenvalue weighted by Crippen LogP contribution is 2.41. The van der Waals surface area contributed by atoms with Gasteiger partial charge >= 0.3 is 0 Å². The fourth-order valence-electron chi connectivity index (χ4n) is 2.21. The molecule has 0 spiro atoms. The van der Waals surface area contributed by atoms with Gasteiger partial charge in [0.2, 0.25) is 5.95 Å². The Balaban J connectivity index is 0.000000774. The van der Waals surface area contributed by atoms with Crippen molar-refractivity contribution < 1.29 is 0 Å². The Bertz CT molecular complexity index is 601. The van der Waals surface area contributed by atoms with E-state index in [1.54, 1.807) is 6.08 Å². The SMILES string of the molecule is C=Cc1nc(Nc2ccccc2)nc(C2CC2)c1C.CC. The average Bonchev–Trinajstić information content (AvgIpc) is 3.36. The van der Waals surface area contributed by atoms with Crippen LogP contribution in [0.1, 0.15) is 49.6 Å². The van der Waals surface area contributed by atoms with E-state index in [0.717, 1.165) is 16.9 Å². The van der Waals surface area contributed by atoms with Crippen molar-refractivity contribution in [3.8, 4) is 0 Å². The van der Waals surface area contributed by atoms with Gasteiger partial charge in [-0.25, -0.2) is 9.97 Å². The summed E-state index contributed by atoms with van der Waals surface area (Å²) in [5, 5.41) is 3.26. The summed E-state index contributed by atoms with van der Waals surface area (Å²) in [5.74, 6) is 1.27. The summed E-state index contributed by atoms with van der Waals surface area (Å²) in [4.78, 5) is 9.18. The molecule has 0 radical (unpaired) electrons. The van der Waals surface area contributed by atoms with Crippen LogP contribution >= 0.6 is 0 Å². The summed E-state index contributed by atoms with van der Waals surface area (Å²) in [6.07, 6.45) is 4.28. The van der Waals surface area contributed by atoms with Crippen LogP contribution in [0.4, 0.5) is 11.6 Å². The van der Waals surface area contributed by atoms with Gasteiger partial charge in [-0.2, -0.15) is 0 Å². The number of benzene rings is 1. The van der Waals surface area contributed by atoms with Gasteiger partial charge in [-0.1, -0.05) is 38.6 Å². The van der Waals surface area contributed by atoms with Crippen LogP contribution in [0.5, 0.6) is 0 Å². The van der Waals surface area contributed by atoms with Crippen LogP contribution in [0.3, 0.4) is 0 Å². The maximum absolute atomic E-state index is 4.67. The Labute approximate surface area is 127 Å². The van der Waals surface area contributed by atoms with Crippen LogP contribution in [0.2, 0.25) is 0 Å². The molecule has 110 valence electrons. The number of aromatic nitrogens is 2. The second kappa shape index (κ2) is 7.02. The predicted molar refractivity (Wildman–Crippen MR) is 89.9 cm³/mol. The molecule has 3 nitrogen and oxygen atoms in total. The van der Waals surface area contributed by atoms with Gasteiger partial charge in [-0.3, -0.25) is 0 Å². The Hall–Kier alpha value is -2.16. The van der Waals surface area contributed by atoms with Gasteiger partial charge in [-0.15, -0.1) is 0 Å². The molecule has 3 heteroatoms. The summed E-state index contributed by atoms with van der Waals surface area (Å²) >= 11 is 0. The lowest BCUT2D eigenvalue weighted by atomic mass is 10.1. The topological polar surface area (TPSA) is 37.8 Å². The van der Waals surface area contributed by atoms with E-state index in [-0.39, 0.29) is 0 Å². The summed E-state index contributed by atoms with van der Waals surface area (Å²) in [7, 11) is 0. The van der Waals surface area contributed by atoms with Gasteiger partial charge in [0.1, 0.15) is 0 Å². The maximum atomic E-state index is 4.67. The first-order valence-electron chi connectivity index (χ1n) is 7.61. The fraction of sp³-hybridized carbons (Fsp3) is 0.333. The number of hydrogen-bond donors (Lipinski definition) is 1. The minimum absolute atomic E-state index is 0.609. The smallest absolute Gasteiger partial charge is 0.227 e. The molecule has 0 aliphatic heterocycles. The van der Waals surface area contributed by atoms with Crippen molar-refractivity contribution >= 4 is 17.7 Å². The molecule has 1 heterocycles. The fourth-order valence-corrected chi connectivity index (χ4v) is 2.21. The second-order valence-electron chi connectivity index (χ2n) is 4.91. The normalized spacial score (nSPS) is 13.1. The Morgan fingerprint density at radius 2 is 1.81 bits per heavy atom. The number of nitrogens with one attached hydrogen (secondary N) is 1. The van der Waals surface area contributed by atoms with Crippen molar-refractivity contribution in [3.63, 3.8) is 0 Å². The first kappa shape index (κ1) is 15.2. The summed E-state index contributed by atoms with van der Waals surface area (Å²) in [6.45, 7) is 9.92. The molecule has 1 aromatic carbocycles. The maximum Gasteiger partial charge on any atom is 0.227 e. The van der Waals surface area contributed by atoms with Crippen LogP contribution in [-0.4, -0.2) is 9.97 Å². The molecule has 1 saturated carbocycles. The minimum Gasteiger partial charge on any atom is -0.324 e. The monoisotopic (exact) mass is 281 g/mol. The quantitative estimate of drug-likeness (QED) is 0.849. The molecule has 1 N–H and O–H groups in total. The van der Waals surface area contributed by atoms with Gasteiger partial charge in [0, 0.05) is 11.6 Å². The molecule has 0 saturated heterocycles. The number of anilines is 2. The van der Waals surface area contributed by atoms with E-state index in [9.17, 15) is 0 Å². The molecule has 0 atom stereocenters. The van der Waals surface area contributed by atoms with Crippen molar-refractivity contribution in [3.05, 3.63) is 53.9 Å². The molecule has 21 heavy (non-hydrogen) atoms. The van der Waals surface area contributed by atoms with Crippen LogP contribution in [0.15, 0.2) is 36.9 Å². The summed E-state index contributed by atoms with van der Waals surface area (Å²) in [6, 6.07) is 9.99. The lowest BCUT2D eigenvalue weighted by Gasteiger charge is -2.11. The molecule has 1 fully saturated rings. The molecule has 3 rings (SSSR count). The lowest BCUT2D eigenvalue weighted by Crippen LogP contribution is -2.04. The van der Waals surface area contributed by atoms with E-state index < -0.39 is 0 Å². The molecule has 1 aliphatic rings. The molecule has 1 aromatic heterocycles. The number of para-hydroxylation sites is 1. The van der Waals surface area contributed by atoms with Crippen molar-refractivity contribution in [2.75, 3.05) is 5.32 Å². The molecule has 1 aliphatic carbocycles. The Morgan fingerprint density at radius 1 is 1.14 bits per heavy atom. The molecule has 2 aromatic rings. The van der Waals surface area contributed by atoms with Gasteiger partial charge in [0.25, 0.3) is 0 Å². The van der Waals surface area contributed by atoms with E-state index >= 15 is 0 Å². The Morgan fingerprint density at radius 3 is 2.38 bits per heavy atom. The average molecular weight is 281 g/mol. The van der Waals surface area contributed by atoms with Crippen molar-refractivity contribution in [1.29, 1.82) is 0 Å². The van der Waals surface area contributed by atoms with Gasteiger partial charge < -0.3 is 5.32 Å². The zero-order valence-electron chi connectivity index (χ0n) is 13.1. The molecular formula is C18H23N3. The van der Waals surface area contributed by atoms with Crippen molar-refractivity contribution in [2.45, 2.75) is 39.5 Å². The van der Waals surface area contributed by atoms with Gasteiger partial charge in [0.15, 0.2) is 0 Å². The largest absolute Gasteiger partial charge is 0.324 e. The Kier molecular flexibility index (Phi) is 5.09. The highest BCUT2D eigenvalue weighted by atomic mass is 15.1. The molecular weight excluding hydrogens is 258 g/mol. The molecule has 0 unspecified atom stereocenters. The van der Waals surface area contributed by atoms with Crippen LogP contribution in [-0.2, 0) is 0 Å². The van der Waals surface area contributed by atoms with Crippen LogP contribution in [0.25, 0.3) is 6.08 Å². The van der Waals surface area contributed by atoms with Gasteiger partial charge in [0.05, 0.1) is 11.4 Å². The zero-order chi connectivity index (χ0) is 15.2. The van der Waals surface area contributed by atoms with Crippen LogP contribution in [0, 0.1) is 6.92 Å². The number of rotatable bonds is 4. The number of nitrogens with zero attached hydrogens (tertiary/aromatic N) is 2.